The summed E-state index contributed by atoms with van der Waals surface area (Å²) >= 11 is 5.74. The van der Waals surface area contributed by atoms with Gasteiger partial charge in [-0.2, -0.15) is 0 Å². The zero-order chi connectivity index (χ0) is 14.4. The molecule has 0 radical (unpaired) electrons. The summed E-state index contributed by atoms with van der Waals surface area (Å²) in [5.74, 6) is 0.642. The summed E-state index contributed by atoms with van der Waals surface area (Å²) in [6.07, 6.45) is 7.28. The first-order valence-corrected chi connectivity index (χ1v) is 8.52. The average Bonchev–Trinajstić information content (AvgIpc) is 2.47. The van der Waals surface area contributed by atoms with Crippen molar-refractivity contribution in [3.8, 4) is 0 Å². The fourth-order valence-electron chi connectivity index (χ4n) is 3.31. The first kappa shape index (κ1) is 15.5. The van der Waals surface area contributed by atoms with Crippen molar-refractivity contribution in [2.24, 2.45) is 0 Å². The molecular weight excluding hydrogens is 262 g/mol. The Hall–Kier alpha value is -0.890. The van der Waals surface area contributed by atoms with Gasteiger partial charge in [-0.3, -0.25) is 0 Å². The molecule has 0 heterocycles. The maximum absolute atomic E-state index is 5.74. The van der Waals surface area contributed by atoms with E-state index in [0.29, 0.717) is 5.92 Å². The summed E-state index contributed by atoms with van der Waals surface area (Å²) in [6, 6.07) is 8.95. The number of rotatable bonds is 6. The molecule has 1 atom stereocenters. The summed E-state index contributed by atoms with van der Waals surface area (Å²) < 4.78 is 0. The Balaban J connectivity index is 2.04. The van der Waals surface area contributed by atoms with Crippen LogP contribution in [0.2, 0.25) is 0 Å². The van der Waals surface area contributed by atoms with E-state index < -0.39 is 0 Å². The minimum absolute atomic E-state index is 0.642. The lowest BCUT2D eigenvalue weighted by atomic mass is 9.81. The van der Waals surface area contributed by atoms with Crippen LogP contribution in [-0.4, -0.2) is 23.0 Å². The number of aryl methyl sites for hydroxylation is 1. The van der Waals surface area contributed by atoms with Crippen molar-refractivity contribution in [3.63, 3.8) is 0 Å². The number of hydrogen-bond acceptors (Lipinski definition) is 1. The van der Waals surface area contributed by atoms with E-state index in [-0.39, 0.29) is 0 Å². The Labute approximate surface area is 129 Å². The van der Waals surface area contributed by atoms with Crippen LogP contribution in [0.4, 0.5) is 0 Å². The largest absolute Gasteiger partial charge is 0.366 e. The third-order valence-electron chi connectivity index (χ3n) is 4.25. The van der Waals surface area contributed by atoms with Crippen molar-refractivity contribution in [1.29, 1.82) is 0 Å². The number of benzene rings is 1. The maximum atomic E-state index is 5.74. The van der Waals surface area contributed by atoms with E-state index in [1.807, 2.05) is 0 Å². The summed E-state index contributed by atoms with van der Waals surface area (Å²) in [6.45, 7) is 6.70. The monoisotopic (exact) mass is 289 g/mol. The van der Waals surface area contributed by atoms with Gasteiger partial charge < -0.3 is 4.90 Å². The van der Waals surface area contributed by atoms with E-state index in [0.717, 1.165) is 19.5 Å². The number of nitrogens with zero attached hydrogens (tertiary/aromatic N) is 1. The molecule has 2 rings (SSSR count). The van der Waals surface area contributed by atoms with Crippen LogP contribution >= 0.6 is 12.2 Å². The molecule has 1 nitrogen and oxygen atoms in total. The first-order chi connectivity index (χ1) is 9.76. The Bertz CT molecular complexity index is 435. The lowest BCUT2D eigenvalue weighted by molar-refractivity contribution is 0.408. The van der Waals surface area contributed by atoms with E-state index in [1.165, 1.54) is 37.1 Å². The lowest BCUT2D eigenvalue weighted by Gasteiger charge is -2.30. The van der Waals surface area contributed by atoms with Gasteiger partial charge in [-0.25, -0.2) is 0 Å². The van der Waals surface area contributed by atoms with Gasteiger partial charge in [0.15, 0.2) is 0 Å². The lowest BCUT2D eigenvalue weighted by Crippen LogP contribution is -2.32. The molecule has 1 aliphatic carbocycles. The molecule has 0 fully saturated rings. The molecule has 1 aromatic carbocycles. The minimum Gasteiger partial charge on any atom is -0.366 e. The van der Waals surface area contributed by atoms with Crippen LogP contribution in [0.5, 0.6) is 0 Å². The van der Waals surface area contributed by atoms with Gasteiger partial charge in [-0.1, -0.05) is 50.3 Å². The molecule has 1 aromatic rings. The van der Waals surface area contributed by atoms with Crippen molar-refractivity contribution in [2.75, 3.05) is 13.1 Å². The van der Waals surface area contributed by atoms with E-state index >= 15 is 0 Å². The van der Waals surface area contributed by atoms with E-state index in [9.17, 15) is 0 Å². The Kier molecular flexibility index (Phi) is 6.03. The second-order valence-corrected chi connectivity index (χ2v) is 6.34. The van der Waals surface area contributed by atoms with E-state index in [2.05, 4.69) is 43.0 Å². The molecule has 1 unspecified atom stereocenters. The Morgan fingerprint density at radius 1 is 1.20 bits per heavy atom. The smallest absolute Gasteiger partial charge is 0.0785 e. The predicted molar refractivity (Wildman–Crippen MR) is 91.5 cm³/mol. The van der Waals surface area contributed by atoms with Gasteiger partial charge in [0, 0.05) is 19.5 Å². The Morgan fingerprint density at radius 3 is 2.60 bits per heavy atom. The molecule has 110 valence electrons. The van der Waals surface area contributed by atoms with Crippen LogP contribution in [0.1, 0.15) is 63.0 Å². The molecule has 20 heavy (non-hydrogen) atoms. The second kappa shape index (κ2) is 7.78. The number of thiocarbonyl (C=S) groups is 1. The quantitative estimate of drug-likeness (QED) is 0.682. The molecule has 2 heteroatoms. The van der Waals surface area contributed by atoms with Crippen molar-refractivity contribution in [1.82, 2.24) is 4.90 Å². The third kappa shape index (κ3) is 3.82. The second-order valence-electron chi connectivity index (χ2n) is 5.87. The third-order valence-corrected chi connectivity index (χ3v) is 4.68. The normalized spacial score (nSPS) is 17.6. The highest BCUT2D eigenvalue weighted by Gasteiger charge is 2.22. The first-order valence-electron chi connectivity index (χ1n) is 8.11. The van der Waals surface area contributed by atoms with Crippen molar-refractivity contribution >= 4 is 17.2 Å². The SMILES string of the molecule is CCCN(CCC)C(=S)CC1CCCc2ccccc21. The summed E-state index contributed by atoms with van der Waals surface area (Å²) in [5, 5.41) is 0. The molecule has 0 N–H and O–H groups in total. The zero-order valence-electron chi connectivity index (χ0n) is 12.9. The van der Waals surface area contributed by atoms with Crippen LogP contribution in [0, 0.1) is 0 Å². The highest BCUT2D eigenvalue weighted by Crippen LogP contribution is 2.34. The van der Waals surface area contributed by atoms with Crippen LogP contribution in [0.15, 0.2) is 24.3 Å². The van der Waals surface area contributed by atoms with Crippen LogP contribution in [0.3, 0.4) is 0 Å². The molecular formula is C18H27NS. The van der Waals surface area contributed by atoms with Crippen LogP contribution in [-0.2, 0) is 6.42 Å². The highest BCUT2D eigenvalue weighted by molar-refractivity contribution is 7.80. The van der Waals surface area contributed by atoms with Crippen molar-refractivity contribution in [3.05, 3.63) is 35.4 Å². The van der Waals surface area contributed by atoms with Gasteiger partial charge in [0.1, 0.15) is 0 Å². The van der Waals surface area contributed by atoms with Crippen LogP contribution in [0.25, 0.3) is 0 Å². The van der Waals surface area contributed by atoms with Gasteiger partial charge in [-0.05, 0) is 49.1 Å². The minimum atomic E-state index is 0.642. The average molecular weight is 289 g/mol. The van der Waals surface area contributed by atoms with Crippen molar-refractivity contribution in [2.45, 2.75) is 58.3 Å². The van der Waals surface area contributed by atoms with Gasteiger partial charge in [0.25, 0.3) is 0 Å². The molecule has 0 aliphatic heterocycles. The molecule has 0 saturated carbocycles. The zero-order valence-corrected chi connectivity index (χ0v) is 13.7. The van der Waals surface area contributed by atoms with Gasteiger partial charge in [-0.15, -0.1) is 0 Å². The molecule has 1 aliphatic rings. The number of hydrogen-bond donors (Lipinski definition) is 0. The summed E-state index contributed by atoms with van der Waals surface area (Å²) in [5.41, 5.74) is 3.10. The standard InChI is InChI=1S/C18H27NS/c1-3-12-19(13-4-2)18(20)14-16-10-7-9-15-8-5-6-11-17(15)16/h5-6,8,11,16H,3-4,7,9-10,12-14H2,1-2H3. The van der Waals surface area contributed by atoms with Crippen LogP contribution < -0.4 is 0 Å². The maximum Gasteiger partial charge on any atom is 0.0785 e. The highest BCUT2D eigenvalue weighted by atomic mass is 32.1. The van der Waals surface area contributed by atoms with E-state index in [4.69, 9.17) is 12.2 Å². The molecule has 0 amide bonds. The van der Waals surface area contributed by atoms with Gasteiger partial charge in [0.05, 0.1) is 4.99 Å². The summed E-state index contributed by atoms with van der Waals surface area (Å²) in [4.78, 5) is 3.60. The molecule has 0 saturated heterocycles. The Morgan fingerprint density at radius 2 is 1.90 bits per heavy atom. The van der Waals surface area contributed by atoms with Gasteiger partial charge >= 0.3 is 0 Å². The molecule has 0 aromatic heterocycles. The summed E-state index contributed by atoms with van der Waals surface area (Å²) in [7, 11) is 0. The van der Waals surface area contributed by atoms with Crippen molar-refractivity contribution < 1.29 is 0 Å². The number of fused-ring (bicyclic) bond motifs is 1. The topological polar surface area (TPSA) is 3.24 Å². The molecule has 0 bridgehead atoms. The van der Waals surface area contributed by atoms with E-state index in [1.54, 1.807) is 11.1 Å². The fourth-order valence-corrected chi connectivity index (χ4v) is 3.69. The fraction of sp³-hybridized carbons (Fsp3) is 0.611. The molecule has 0 spiro atoms. The predicted octanol–water partition coefficient (Wildman–Crippen LogP) is 4.95. The van der Waals surface area contributed by atoms with Gasteiger partial charge in [0.2, 0.25) is 0 Å².